The Balaban J connectivity index is 1.80. The van der Waals surface area contributed by atoms with Crippen molar-refractivity contribution >= 4 is 22.5 Å². The van der Waals surface area contributed by atoms with E-state index in [1.54, 1.807) is 18.6 Å². The number of hydrogen-bond acceptors (Lipinski definition) is 7. The fourth-order valence-electron chi connectivity index (χ4n) is 3.55. The molecular weight excluding hydrogens is 354 g/mol. The summed E-state index contributed by atoms with van der Waals surface area (Å²) < 4.78 is 5.50. The number of H-pyrrole nitrogens is 1. The first-order valence-corrected chi connectivity index (χ1v) is 9.14. The lowest BCUT2D eigenvalue weighted by atomic mass is 10.0. The quantitative estimate of drug-likeness (QED) is 0.568. The number of ether oxygens (including phenoxy) is 1. The van der Waals surface area contributed by atoms with Crippen molar-refractivity contribution in [1.29, 1.82) is 0 Å². The number of rotatable bonds is 3. The van der Waals surface area contributed by atoms with Crippen LogP contribution in [0.25, 0.3) is 33.4 Å². The van der Waals surface area contributed by atoms with E-state index in [0.717, 1.165) is 52.3 Å². The monoisotopic (exact) mass is 373 g/mol. The first kappa shape index (κ1) is 16.6. The minimum absolute atomic E-state index is 0.489. The number of nitrogens with zero attached hydrogens (tertiary/aromatic N) is 5. The van der Waals surface area contributed by atoms with Crippen LogP contribution in [0.5, 0.6) is 0 Å². The number of nitrogen functional groups attached to an aromatic ring is 1. The Labute approximate surface area is 161 Å². The number of nitrogens with two attached hydrogens (primary N) is 1. The number of morpholine rings is 1. The van der Waals surface area contributed by atoms with E-state index in [1.165, 1.54) is 0 Å². The zero-order valence-corrected chi connectivity index (χ0v) is 15.2. The number of fused-ring (bicyclic) bond motifs is 1. The SMILES string of the molecule is Nc1ncccc1-c1cc(N2CCOCC2)nc2c(-c3ccn[nH]3)nccc12. The molecule has 5 heterocycles. The third-order valence-electron chi connectivity index (χ3n) is 4.93. The maximum atomic E-state index is 6.21. The molecular formula is C20H19N7O. The van der Waals surface area contributed by atoms with Gasteiger partial charge >= 0.3 is 0 Å². The Kier molecular flexibility index (Phi) is 4.10. The second-order valence-corrected chi connectivity index (χ2v) is 6.59. The normalized spacial score (nSPS) is 14.5. The number of nitrogens with one attached hydrogen (secondary N) is 1. The van der Waals surface area contributed by atoms with Crippen molar-refractivity contribution in [2.75, 3.05) is 36.9 Å². The molecule has 0 unspecified atom stereocenters. The van der Waals surface area contributed by atoms with Gasteiger partial charge in [-0.3, -0.25) is 10.1 Å². The minimum atomic E-state index is 0.489. The highest BCUT2D eigenvalue weighted by molar-refractivity contribution is 6.03. The van der Waals surface area contributed by atoms with Gasteiger partial charge in [0.1, 0.15) is 22.8 Å². The van der Waals surface area contributed by atoms with Crippen molar-refractivity contribution in [2.45, 2.75) is 0 Å². The molecule has 140 valence electrons. The summed E-state index contributed by atoms with van der Waals surface area (Å²) in [5.41, 5.74) is 10.5. The number of hydrogen-bond donors (Lipinski definition) is 2. The van der Waals surface area contributed by atoms with Crippen LogP contribution >= 0.6 is 0 Å². The van der Waals surface area contributed by atoms with Crippen LogP contribution in [0.15, 0.2) is 48.9 Å². The van der Waals surface area contributed by atoms with Crippen molar-refractivity contribution < 1.29 is 4.74 Å². The molecule has 8 nitrogen and oxygen atoms in total. The van der Waals surface area contributed by atoms with E-state index in [2.05, 4.69) is 31.1 Å². The maximum absolute atomic E-state index is 6.21. The molecule has 0 bridgehead atoms. The molecule has 4 aromatic heterocycles. The molecule has 1 aliphatic rings. The molecule has 0 aliphatic carbocycles. The van der Waals surface area contributed by atoms with Gasteiger partial charge in [-0.25, -0.2) is 9.97 Å². The minimum Gasteiger partial charge on any atom is -0.383 e. The average molecular weight is 373 g/mol. The van der Waals surface area contributed by atoms with Crippen LogP contribution in [-0.2, 0) is 4.74 Å². The fraction of sp³-hybridized carbons (Fsp3) is 0.200. The Morgan fingerprint density at radius 2 is 1.89 bits per heavy atom. The predicted octanol–water partition coefficient (Wildman–Crippen LogP) is 2.50. The Morgan fingerprint density at radius 3 is 2.68 bits per heavy atom. The van der Waals surface area contributed by atoms with Gasteiger partial charge in [0.05, 0.1) is 18.9 Å². The third kappa shape index (κ3) is 2.84. The molecule has 1 saturated heterocycles. The topological polar surface area (TPSA) is 106 Å². The van der Waals surface area contributed by atoms with E-state index in [9.17, 15) is 0 Å². The van der Waals surface area contributed by atoms with Gasteiger partial charge in [-0.15, -0.1) is 0 Å². The summed E-state index contributed by atoms with van der Waals surface area (Å²) in [4.78, 5) is 16.0. The van der Waals surface area contributed by atoms with Crippen LogP contribution in [0.3, 0.4) is 0 Å². The summed E-state index contributed by atoms with van der Waals surface area (Å²) in [7, 11) is 0. The summed E-state index contributed by atoms with van der Waals surface area (Å²) >= 11 is 0. The van der Waals surface area contributed by atoms with Gasteiger partial charge in [-0.05, 0) is 35.9 Å². The number of anilines is 2. The van der Waals surface area contributed by atoms with E-state index in [0.29, 0.717) is 19.0 Å². The van der Waals surface area contributed by atoms with Crippen LogP contribution in [0, 0.1) is 0 Å². The summed E-state index contributed by atoms with van der Waals surface area (Å²) in [5.74, 6) is 1.37. The molecule has 5 rings (SSSR count). The van der Waals surface area contributed by atoms with Gasteiger partial charge in [0.25, 0.3) is 0 Å². The molecule has 0 atom stereocenters. The van der Waals surface area contributed by atoms with Gasteiger partial charge in [0, 0.05) is 42.6 Å². The fourth-order valence-corrected chi connectivity index (χ4v) is 3.55. The van der Waals surface area contributed by atoms with Gasteiger partial charge in [0.15, 0.2) is 0 Å². The van der Waals surface area contributed by atoms with Crippen molar-refractivity contribution in [3.05, 3.63) is 48.9 Å². The molecule has 1 fully saturated rings. The highest BCUT2D eigenvalue weighted by Crippen LogP contribution is 2.36. The van der Waals surface area contributed by atoms with Gasteiger partial charge in [0.2, 0.25) is 0 Å². The molecule has 0 radical (unpaired) electrons. The third-order valence-corrected chi connectivity index (χ3v) is 4.93. The van der Waals surface area contributed by atoms with Crippen LogP contribution < -0.4 is 10.6 Å². The lowest BCUT2D eigenvalue weighted by Gasteiger charge is -2.28. The summed E-state index contributed by atoms with van der Waals surface area (Å²) in [5, 5.41) is 8.02. The molecule has 4 aromatic rings. The first-order chi connectivity index (χ1) is 13.8. The second-order valence-electron chi connectivity index (χ2n) is 6.59. The highest BCUT2D eigenvalue weighted by Gasteiger charge is 2.19. The number of pyridine rings is 3. The summed E-state index contributed by atoms with van der Waals surface area (Å²) in [6.07, 6.45) is 5.19. The zero-order valence-electron chi connectivity index (χ0n) is 15.2. The van der Waals surface area contributed by atoms with Crippen molar-refractivity contribution in [3.8, 4) is 22.5 Å². The predicted molar refractivity (Wildman–Crippen MR) is 108 cm³/mol. The molecule has 28 heavy (non-hydrogen) atoms. The van der Waals surface area contributed by atoms with Gasteiger partial charge < -0.3 is 15.4 Å². The molecule has 1 aliphatic heterocycles. The van der Waals surface area contributed by atoms with Crippen LogP contribution in [0.4, 0.5) is 11.6 Å². The zero-order chi connectivity index (χ0) is 18.9. The van der Waals surface area contributed by atoms with E-state index in [-0.39, 0.29) is 0 Å². The molecule has 0 amide bonds. The standard InChI is InChI=1S/C20H19N7O/c21-20-14(2-1-5-23-20)15-12-17(27-8-10-28-11-9-27)25-18-13(15)3-6-22-19(18)16-4-7-24-26-16/h1-7,12H,8-11H2,(H2,21,23)(H,24,26). The van der Waals surface area contributed by atoms with E-state index < -0.39 is 0 Å². The molecule has 0 aromatic carbocycles. The summed E-state index contributed by atoms with van der Waals surface area (Å²) in [6.45, 7) is 2.95. The van der Waals surface area contributed by atoms with Gasteiger partial charge in [-0.1, -0.05) is 0 Å². The van der Waals surface area contributed by atoms with Crippen LogP contribution in [0.2, 0.25) is 0 Å². The van der Waals surface area contributed by atoms with E-state index >= 15 is 0 Å². The second kappa shape index (κ2) is 6.90. The molecule has 0 saturated carbocycles. The van der Waals surface area contributed by atoms with Crippen molar-refractivity contribution in [2.24, 2.45) is 0 Å². The lowest BCUT2D eigenvalue weighted by Crippen LogP contribution is -2.36. The molecule has 8 heteroatoms. The largest absolute Gasteiger partial charge is 0.383 e. The smallest absolute Gasteiger partial charge is 0.131 e. The van der Waals surface area contributed by atoms with E-state index in [1.807, 2.05) is 24.3 Å². The first-order valence-electron chi connectivity index (χ1n) is 9.14. The Hall–Kier alpha value is -3.52. The highest BCUT2D eigenvalue weighted by atomic mass is 16.5. The van der Waals surface area contributed by atoms with Crippen LogP contribution in [0.1, 0.15) is 0 Å². The Bertz CT molecular complexity index is 1120. The number of aromatic amines is 1. The van der Waals surface area contributed by atoms with Crippen molar-refractivity contribution in [1.82, 2.24) is 25.1 Å². The van der Waals surface area contributed by atoms with Crippen LogP contribution in [-0.4, -0.2) is 51.5 Å². The molecule has 0 spiro atoms. The number of aromatic nitrogens is 5. The van der Waals surface area contributed by atoms with E-state index in [4.69, 9.17) is 15.5 Å². The van der Waals surface area contributed by atoms with Crippen molar-refractivity contribution in [3.63, 3.8) is 0 Å². The lowest BCUT2D eigenvalue weighted by molar-refractivity contribution is 0.122. The summed E-state index contributed by atoms with van der Waals surface area (Å²) in [6, 6.07) is 9.81. The average Bonchev–Trinajstić information content (AvgIpc) is 3.28. The molecule has 3 N–H and O–H groups in total. The van der Waals surface area contributed by atoms with Gasteiger partial charge in [-0.2, -0.15) is 5.10 Å². The Morgan fingerprint density at radius 1 is 1.00 bits per heavy atom. The maximum Gasteiger partial charge on any atom is 0.131 e.